The summed E-state index contributed by atoms with van der Waals surface area (Å²) in [4.78, 5) is 27.2. The number of carboxylic acid groups (broad SMARTS) is 1. The number of rotatable bonds is 5. The second-order valence-electron chi connectivity index (χ2n) is 9.03. The van der Waals surface area contributed by atoms with Gasteiger partial charge in [0.05, 0.1) is 4.90 Å². The number of amides is 2. The molecule has 2 aliphatic rings. The largest absolute Gasteiger partial charge is 0.573 e. The molecule has 9 nitrogen and oxygen atoms in total. The van der Waals surface area contributed by atoms with Gasteiger partial charge in [-0.15, -0.1) is 13.2 Å². The Morgan fingerprint density at radius 1 is 1.06 bits per heavy atom. The molecule has 2 saturated heterocycles. The van der Waals surface area contributed by atoms with Crippen LogP contribution in [0, 0.1) is 5.41 Å². The number of alkyl halides is 3. The van der Waals surface area contributed by atoms with Crippen molar-refractivity contribution in [2.24, 2.45) is 10.6 Å². The van der Waals surface area contributed by atoms with Crippen molar-refractivity contribution in [2.75, 3.05) is 19.6 Å². The van der Waals surface area contributed by atoms with Crippen molar-refractivity contribution in [1.29, 1.82) is 0 Å². The Kier molecular flexibility index (Phi) is 6.64. The lowest BCUT2D eigenvalue weighted by Gasteiger charge is -2.60. The van der Waals surface area contributed by atoms with Crippen LogP contribution in [0.25, 0.3) is 0 Å². The smallest absolute Gasteiger partial charge is 0.530 e. The van der Waals surface area contributed by atoms with Gasteiger partial charge in [0.15, 0.2) is 0 Å². The van der Waals surface area contributed by atoms with E-state index in [1.807, 2.05) is 0 Å². The number of halogens is 3. The van der Waals surface area contributed by atoms with Crippen molar-refractivity contribution in [2.45, 2.75) is 36.6 Å². The highest BCUT2D eigenvalue weighted by Crippen LogP contribution is 2.48. The maximum Gasteiger partial charge on any atom is 0.573 e. The van der Waals surface area contributed by atoms with E-state index >= 15 is 0 Å². The summed E-state index contributed by atoms with van der Waals surface area (Å²) in [6.45, 7) is 0.869. The van der Waals surface area contributed by atoms with Gasteiger partial charge in [-0.1, -0.05) is 12.1 Å². The van der Waals surface area contributed by atoms with E-state index < -0.39 is 22.5 Å². The first kappa shape index (κ1) is 25.8. The predicted octanol–water partition coefficient (Wildman–Crippen LogP) is 1.73. The summed E-state index contributed by atoms with van der Waals surface area (Å²) in [5.41, 5.74) is 0.560. The summed E-state index contributed by atoms with van der Waals surface area (Å²) >= 11 is 0. The monoisotopic (exact) mass is 526 g/mol. The molecule has 1 unspecified atom stereocenters. The van der Waals surface area contributed by atoms with Gasteiger partial charge in [0, 0.05) is 36.7 Å². The molecular formula is C23H23F3N3O6S-. The number of primary sulfonamides is 1. The van der Waals surface area contributed by atoms with Crippen LogP contribution in [0.1, 0.15) is 28.8 Å². The molecule has 2 N–H and O–H groups in total. The Balaban J connectivity index is 1.55. The standard InChI is InChI=1S/C23H24F3N3O6S/c24-23(25,26)35-17-5-1-15(2-6-17)13-19-22(9-11-28(12-10-22)21(31)32)14-29(19)20(30)16-3-7-18(8-4-16)36(27,33)34/h1-8,19H,9-14H2,(H,31,32)(H2,27,33,34)/p-1. The molecule has 2 aromatic carbocycles. The highest BCUT2D eigenvalue weighted by atomic mass is 32.2. The first-order valence-electron chi connectivity index (χ1n) is 11.0. The zero-order valence-electron chi connectivity index (χ0n) is 18.9. The van der Waals surface area contributed by atoms with E-state index in [2.05, 4.69) is 4.74 Å². The first-order valence-corrected chi connectivity index (χ1v) is 12.6. The second-order valence-corrected chi connectivity index (χ2v) is 10.6. The molecule has 0 saturated carbocycles. The predicted molar refractivity (Wildman–Crippen MR) is 118 cm³/mol. The maximum atomic E-state index is 13.3. The molecule has 36 heavy (non-hydrogen) atoms. The molecule has 2 aromatic rings. The highest BCUT2D eigenvalue weighted by Gasteiger charge is 2.55. The molecule has 194 valence electrons. The van der Waals surface area contributed by atoms with Crippen LogP contribution < -0.4 is 15.0 Å². The van der Waals surface area contributed by atoms with Gasteiger partial charge in [0.25, 0.3) is 5.91 Å². The number of hydrogen-bond acceptors (Lipinski definition) is 6. The van der Waals surface area contributed by atoms with Gasteiger partial charge in [0.2, 0.25) is 10.0 Å². The molecule has 0 bridgehead atoms. The third-order valence-electron chi connectivity index (χ3n) is 6.86. The fraction of sp³-hybridized carbons (Fsp3) is 0.391. The van der Waals surface area contributed by atoms with Crippen LogP contribution in [0.15, 0.2) is 53.4 Å². The lowest BCUT2D eigenvalue weighted by Crippen LogP contribution is -2.70. The van der Waals surface area contributed by atoms with Crippen LogP contribution in [0.3, 0.4) is 0 Å². The molecule has 2 heterocycles. The Hall–Kier alpha value is -3.32. The van der Waals surface area contributed by atoms with Crippen LogP contribution >= 0.6 is 0 Å². The van der Waals surface area contributed by atoms with E-state index in [4.69, 9.17) is 5.14 Å². The minimum absolute atomic E-state index is 0.133. The number of sulfonamides is 1. The lowest BCUT2D eigenvalue weighted by atomic mass is 9.63. The Morgan fingerprint density at radius 3 is 2.14 bits per heavy atom. The third-order valence-corrected chi connectivity index (χ3v) is 7.79. The van der Waals surface area contributed by atoms with Crippen LogP contribution in [-0.4, -0.2) is 62.3 Å². The van der Waals surface area contributed by atoms with Gasteiger partial charge >= 0.3 is 6.36 Å². The number of likely N-dealkylation sites (tertiary alicyclic amines) is 2. The fourth-order valence-electron chi connectivity index (χ4n) is 4.94. The number of ether oxygens (including phenoxy) is 1. The van der Waals surface area contributed by atoms with Crippen molar-refractivity contribution < 1.29 is 41.0 Å². The molecular weight excluding hydrogens is 503 g/mol. The summed E-state index contributed by atoms with van der Waals surface area (Å²) in [6, 6.07) is 10.3. The molecule has 0 aromatic heterocycles. The first-order chi connectivity index (χ1) is 16.8. The van der Waals surface area contributed by atoms with Crippen molar-refractivity contribution in [1.82, 2.24) is 9.80 Å². The third kappa shape index (κ3) is 5.41. The number of nitrogens with two attached hydrogens (primary N) is 1. The van der Waals surface area contributed by atoms with Crippen LogP contribution in [0.4, 0.5) is 18.0 Å². The van der Waals surface area contributed by atoms with Crippen molar-refractivity contribution >= 4 is 22.0 Å². The van der Waals surface area contributed by atoms with Gasteiger partial charge in [-0.05, 0) is 61.2 Å². The van der Waals surface area contributed by atoms with Crippen LogP contribution in [0.2, 0.25) is 0 Å². The Bertz CT molecular complexity index is 1240. The highest BCUT2D eigenvalue weighted by molar-refractivity contribution is 7.89. The Morgan fingerprint density at radius 2 is 1.64 bits per heavy atom. The Labute approximate surface area is 205 Å². The van der Waals surface area contributed by atoms with E-state index in [1.54, 1.807) is 4.90 Å². The van der Waals surface area contributed by atoms with Crippen LogP contribution in [0.5, 0.6) is 5.75 Å². The zero-order valence-corrected chi connectivity index (χ0v) is 19.7. The van der Waals surface area contributed by atoms with Gasteiger partial charge < -0.3 is 24.4 Å². The van der Waals surface area contributed by atoms with Gasteiger partial charge in [-0.25, -0.2) is 13.6 Å². The molecule has 0 radical (unpaired) electrons. The van der Waals surface area contributed by atoms with Gasteiger partial charge in [-0.3, -0.25) is 4.79 Å². The quantitative estimate of drug-likeness (QED) is 0.631. The molecule has 1 spiro atoms. The normalized spacial score (nSPS) is 19.6. The summed E-state index contributed by atoms with van der Waals surface area (Å²) < 4.78 is 64.4. The number of piperidine rings is 1. The van der Waals surface area contributed by atoms with Crippen molar-refractivity contribution in [3.8, 4) is 5.75 Å². The average molecular weight is 527 g/mol. The summed E-state index contributed by atoms with van der Waals surface area (Å²) in [7, 11) is -3.92. The van der Waals surface area contributed by atoms with E-state index in [1.165, 1.54) is 53.4 Å². The van der Waals surface area contributed by atoms with Crippen molar-refractivity contribution in [3.05, 3.63) is 59.7 Å². The lowest BCUT2D eigenvalue weighted by molar-refractivity contribution is -0.274. The summed E-state index contributed by atoms with van der Waals surface area (Å²) in [6.07, 6.45) is -4.75. The van der Waals surface area contributed by atoms with Crippen LogP contribution in [-0.2, 0) is 16.4 Å². The number of nitrogens with zero attached hydrogens (tertiary/aromatic N) is 2. The molecule has 2 aliphatic heterocycles. The van der Waals surface area contributed by atoms with E-state index in [-0.39, 0.29) is 46.7 Å². The number of carbonyl (C=O) groups excluding carboxylic acids is 2. The maximum absolute atomic E-state index is 13.3. The molecule has 0 aliphatic carbocycles. The van der Waals surface area contributed by atoms with Gasteiger partial charge in [-0.2, -0.15) is 0 Å². The molecule has 1 atom stereocenters. The summed E-state index contributed by atoms with van der Waals surface area (Å²) in [5, 5.41) is 16.4. The van der Waals surface area contributed by atoms with Crippen molar-refractivity contribution in [3.63, 3.8) is 0 Å². The number of hydrogen-bond donors (Lipinski definition) is 1. The average Bonchev–Trinajstić information content (AvgIpc) is 2.80. The second kappa shape index (κ2) is 9.28. The minimum Gasteiger partial charge on any atom is -0.530 e. The fourth-order valence-corrected chi connectivity index (χ4v) is 5.46. The number of benzene rings is 2. The zero-order chi connectivity index (χ0) is 26.3. The molecule has 4 rings (SSSR count). The minimum atomic E-state index is -4.81. The van der Waals surface area contributed by atoms with Gasteiger partial charge in [0.1, 0.15) is 11.8 Å². The topological polar surface area (TPSA) is 133 Å². The van der Waals surface area contributed by atoms with E-state index in [0.29, 0.717) is 31.4 Å². The molecule has 2 fully saturated rings. The summed E-state index contributed by atoms with van der Waals surface area (Å²) in [5.74, 6) is -0.703. The van der Waals surface area contributed by atoms with E-state index in [0.717, 1.165) is 0 Å². The molecule has 13 heteroatoms. The molecule has 2 amide bonds. The SMILES string of the molecule is NS(=O)(=O)c1ccc(C(=O)N2CC3(CCN(C(=O)[O-])CC3)C2Cc2ccc(OC(F)(F)F)cc2)cc1. The van der Waals surface area contributed by atoms with E-state index in [9.17, 15) is 36.3 Å². The number of carbonyl (C=O) groups is 2.